The fourth-order valence-corrected chi connectivity index (χ4v) is 3.43. The number of allylic oxidation sites excluding steroid dienone is 1. The first-order valence-corrected chi connectivity index (χ1v) is 12.9. The van der Waals surface area contributed by atoms with Gasteiger partial charge in [0.25, 0.3) is 5.56 Å². The van der Waals surface area contributed by atoms with Crippen molar-refractivity contribution in [2.24, 2.45) is 0 Å². The molecule has 0 saturated heterocycles. The molecule has 3 heterocycles. The van der Waals surface area contributed by atoms with Crippen LogP contribution in [0.3, 0.4) is 0 Å². The molecule has 12 nitrogen and oxygen atoms in total. The molecule has 16 heteroatoms. The number of rotatable bonds is 10. The lowest BCUT2D eigenvalue weighted by Gasteiger charge is -2.08. The topological polar surface area (TPSA) is 154 Å². The highest BCUT2D eigenvalue weighted by Gasteiger charge is 2.28. The minimum Gasteiger partial charge on any atom is -0.465 e. The number of pyridine rings is 2. The molecule has 3 rings (SSSR count). The molecule has 0 radical (unpaired) electrons. The van der Waals surface area contributed by atoms with Gasteiger partial charge in [-0.25, -0.2) is 14.2 Å². The number of H-pyrrole nitrogens is 1. The highest BCUT2D eigenvalue weighted by Crippen LogP contribution is 2.25. The fourth-order valence-electron chi connectivity index (χ4n) is 3.43. The number of nitrogens with zero attached hydrogens (tertiary/aromatic N) is 5. The largest absolute Gasteiger partial charge is 0.465 e. The van der Waals surface area contributed by atoms with E-state index in [9.17, 15) is 36.7 Å². The molecule has 0 unspecified atom stereocenters. The van der Waals surface area contributed by atoms with Gasteiger partial charge in [-0.2, -0.15) is 13.2 Å². The summed E-state index contributed by atoms with van der Waals surface area (Å²) in [5, 5.41) is 10.5. The van der Waals surface area contributed by atoms with Gasteiger partial charge >= 0.3 is 12.3 Å². The van der Waals surface area contributed by atoms with Gasteiger partial charge in [-0.3, -0.25) is 19.4 Å². The summed E-state index contributed by atoms with van der Waals surface area (Å²) in [4.78, 5) is 59.3. The molecule has 0 spiro atoms. The highest BCUT2D eigenvalue weighted by atomic mass is 19.4. The van der Waals surface area contributed by atoms with Crippen LogP contribution in [0.1, 0.15) is 37.2 Å². The lowest BCUT2D eigenvalue weighted by Crippen LogP contribution is -2.26. The van der Waals surface area contributed by atoms with Gasteiger partial charge in [0.05, 0.1) is 24.0 Å². The number of imidazole rings is 1. The molecule has 0 bridgehead atoms. The molecule has 3 amide bonds. The quantitative estimate of drug-likeness (QED) is 0.179. The van der Waals surface area contributed by atoms with E-state index >= 15 is 0 Å². The predicted molar refractivity (Wildman–Crippen MR) is 150 cm³/mol. The van der Waals surface area contributed by atoms with Gasteiger partial charge in [-0.05, 0) is 31.1 Å². The number of hydrogen-bond acceptors (Lipinski definition) is 6. The maximum absolute atomic E-state index is 14.2. The number of amides is 3. The van der Waals surface area contributed by atoms with E-state index < -0.39 is 36.5 Å². The van der Waals surface area contributed by atoms with Crippen molar-refractivity contribution >= 4 is 34.6 Å². The predicted octanol–water partition coefficient (Wildman–Crippen LogP) is 3.78. The number of carbonyl (C=O) groups excluding carboxylic acids is 2. The van der Waals surface area contributed by atoms with Crippen LogP contribution in [0.5, 0.6) is 0 Å². The Bertz CT molecular complexity index is 1510. The summed E-state index contributed by atoms with van der Waals surface area (Å²) in [6.07, 6.45) is -0.419. The van der Waals surface area contributed by atoms with Crippen molar-refractivity contribution < 1.29 is 37.1 Å². The average molecular weight is 612 g/mol. The molecule has 43 heavy (non-hydrogen) atoms. The smallest absolute Gasteiger partial charge is 0.406 e. The third-order valence-corrected chi connectivity index (χ3v) is 5.72. The summed E-state index contributed by atoms with van der Waals surface area (Å²) >= 11 is 0. The van der Waals surface area contributed by atoms with Crippen LogP contribution in [0.4, 0.5) is 28.0 Å². The Morgan fingerprint density at radius 1 is 1.16 bits per heavy atom. The van der Waals surface area contributed by atoms with Crippen LogP contribution in [-0.2, 0) is 22.6 Å². The Hall–Kier alpha value is -4.76. The Morgan fingerprint density at radius 3 is 2.44 bits per heavy atom. The number of alkyl halides is 3. The molecule has 0 aliphatic heterocycles. The summed E-state index contributed by atoms with van der Waals surface area (Å²) in [5.74, 6) is -1.20. The number of carbonyl (C=O) groups is 3. The molecule has 0 aliphatic rings. The number of aryl methyl sites for hydroxylation is 1. The van der Waals surface area contributed by atoms with Gasteiger partial charge < -0.3 is 29.8 Å². The van der Waals surface area contributed by atoms with Crippen LogP contribution >= 0.6 is 0 Å². The number of fused-ring (bicyclic) bond motifs is 1. The number of carboxylic acid groups (broad SMARTS) is 1. The number of halogens is 4. The van der Waals surface area contributed by atoms with E-state index in [2.05, 4.69) is 20.3 Å². The monoisotopic (exact) mass is 611 g/mol. The first-order valence-electron chi connectivity index (χ1n) is 12.9. The molecule has 0 aromatic carbocycles. The second-order valence-electron chi connectivity index (χ2n) is 9.68. The second kappa shape index (κ2) is 15.5. The maximum Gasteiger partial charge on any atom is 0.406 e. The molecule has 3 aromatic heterocycles. The molecule has 234 valence electrons. The van der Waals surface area contributed by atoms with Crippen LogP contribution in [0.2, 0.25) is 0 Å². The Morgan fingerprint density at radius 2 is 1.84 bits per heavy atom. The molecular formula is C27H33F4N7O5. The molecule has 0 aliphatic carbocycles. The standard InChI is InChI=1S/C24H26F4N6O3.C3H7NO2/c1-33(2)20(36)9-5-3-4-8-19(35)30-17-7-6-12-34(23(17)37)14-18-31-21-15(25)13-29-16(22(21)32-18)10-11-24(26,27)28;1-4(2)3(5)6/h5-7,9,12-13H,3-4,8,10-11,14H2,1-2H3,(H,30,35)(H,31,32);1-2H3,(H,5,6)/b9-5+;. The fraction of sp³-hybridized carbons (Fsp3) is 0.407. The van der Waals surface area contributed by atoms with Crippen molar-refractivity contribution in [2.75, 3.05) is 33.5 Å². The summed E-state index contributed by atoms with van der Waals surface area (Å²) in [6, 6.07) is 2.97. The number of unbranched alkanes of at least 4 members (excludes halogenated alkanes) is 1. The third-order valence-electron chi connectivity index (χ3n) is 5.72. The van der Waals surface area contributed by atoms with Crippen LogP contribution in [0.15, 0.2) is 41.5 Å². The molecule has 3 aromatic rings. The average Bonchev–Trinajstić information content (AvgIpc) is 3.34. The SMILES string of the molecule is CN(C)C(=O)/C=C/CCCC(=O)Nc1cccn(Cc2nc3c(F)cnc(CCC(F)(F)F)c3[nH]2)c1=O.CN(C)C(=O)O. The second-order valence-corrected chi connectivity index (χ2v) is 9.68. The van der Waals surface area contributed by atoms with Crippen molar-refractivity contribution in [3.63, 3.8) is 0 Å². The number of aromatic amines is 1. The normalized spacial score (nSPS) is 11.3. The van der Waals surface area contributed by atoms with Crippen LogP contribution in [0, 0.1) is 5.82 Å². The van der Waals surface area contributed by atoms with Crippen LogP contribution in [-0.4, -0.2) is 86.7 Å². The van der Waals surface area contributed by atoms with E-state index in [0.717, 1.165) is 11.1 Å². The van der Waals surface area contributed by atoms with E-state index in [1.54, 1.807) is 20.2 Å². The minimum atomic E-state index is -4.40. The lowest BCUT2D eigenvalue weighted by molar-refractivity contribution is -0.134. The summed E-state index contributed by atoms with van der Waals surface area (Å²) < 4.78 is 53.3. The summed E-state index contributed by atoms with van der Waals surface area (Å²) in [5.41, 5.74) is -0.620. The van der Waals surface area contributed by atoms with Crippen molar-refractivity contribution in [1.29, 1.82) is 0 Å². The highest BCUT2D eigenvalue weighted by molar-refractivity contribution is 5.90. The molecule has 0 atom stereocenters. The molecule has 0 fully saturated rings. The van der Waals surface area contributed by atoms with E-state index in [-0.39, 0.29) is 53.0 Å². The Kier molecular flexibility index (Phi) is 12.4. The van der Waals surface area contributed by atoms with Gasteiger partial charge in [-0.1, -0.05) is 6.08 Å². The number of anilines is 1. The summed E-state index contributed by atoms with van der Waals surface area (Å²) in [6.45, 7) is -0.139. The minimum absolute atomic E-state index is 0.0155. The van der Waals surface area contributed by atoms with E-state index in [1.807, 2.05) is 0 Å². The zero-order valence-corrected chi connectivity index (χ0v) is 24.0. The van der Waals surface area contributed by atoms with Gasteiger partial charge in [0.2, 0.25) is 11.8 Å². The first-order chi connectivity index (χ1) is 20.1. The zero-order chi connectivity index (χ0) is 32.3. The van der Waals surface area contributed by atoms with E-state index in [0.29, 0.717) is 12.8 Å². The molecule has 3 N–H and O–H groups in total. The Labute approximate surface area is 244 Å². The van der Waals surface area contributed by atoms with Gasteiger partial charge in [-0.15, -0.1) is 0 Å². The zero-order valence-electron chi connectivity index (χ0n) is 24.0. The number of hydrogen-bond donors (Lipinski definition) is 3. The Balaban J connectivity index is 0.000000973. The third kappa shape index (κ3) is 11.2. The number of aromatic nitrogens is 4. The maximum atomic E-state index is 14.2. The van der Waals surface area contributed by atoms with Crippen LogP contribution in [0.25, 0.3) is 11.0 Å². The van der Waals surface area contributed by atoms with Crippen molar-refractivity contribution in [1.82, 2.24) is 29.3 Å². The first kappa shape index (κ1) is 34.4. The molecule has 0 saturated carbocycles. The number of likely N-dealkylation sites (N-methyl/N-ethyl adjacent to an activating group) is 1. The number of nitrogens with one attached hydrogen (secondary N) is 2. The lowest BCUT2D eigenvalue weighted by atomic mass is 10.2. The van der Waals surface area contributed by atoms with Crippen molar-refractivity contribution in [3.05, 3.63) is 64.4 Å². The van der Waals surface area contributed by atoms with Crippen LogP contribution < -0.4 is 10.9 Å². The van der Waals surface area contributed by atoms with E-state index in [4.69, 9.17) is 5.11 Å². The van der Waals surface area contributed by atoms with Crippen molar-refractivity contribution in [2.45, 2.75) is 44.8 Å². The van der Waals surface area contributed by atoms with E-state index in [1.165, 1.54) is 48.0 Å². The van der Waals surface area contributed by atoms with Gasteiger partial charge in [0.1, 0.15) is 17.0 Å². The van der Waals surface area contributed by atoms with Gasteiger partial charge in [0.15, 0.2) is 5.82 Å². The van der Waals surface area contributed by atoms with Crippen molar-refractivity contribution in [3.8, 4) is 0 Å². The van der Waals surface area contributed by atoms with Gasteiger partial charge in [0, 0.05) is 53.6 Å². The molecular weight excluding hydrogens is 578 g/mol. The summed E-state index contributed by atoms with van der Waals surface area (Å²) in [7, 11) is 6.21.